The monoisotopic (exact) mass is 207 g/mol. The fourth-order valence-electron chi connectivity index (χ4n) is 1.74. The third-order valence-corrected chi connectivity index (χ3v) is 2.40. The second-order valence-corrected chi connectivity index (χ2v) is 3.97. The number of carboxylic acid groups (broad SMARTS) is 1. The summed E-state index contributed by atoms with van der Waals surface area (Å²) in [5, 5.41) is 8.89. The van der Waals surface area contributed by atoms with Crippen molar-refractivity contribution in [3.8, 4) is 0 Å². The van der Waals surface area contributed by atoms with Crippen LogP contribution >= 0.6 is 0 Å². The number of aryl methyl sites for hydroxylation is 2. The normalized spacial score (nSPS) is 12.5. The van der Waals surface area contributed by atoms with Gasteiger partial charge in [-0.25, -0.2) is 0 Å². The van der Waals surface area contributed by atoms with Gasteiger partial charge in [0.25, 0.3) is 0 Å². The topological polar surface area (TPSA) is 63.3 Å². The van der Waals surface area contributed by atoms with Crippen molar-refractivity contribution >= 4 is 5.97 Å². The highest BCUT2D eigenvalue weighted by Gasteiger charge is 2.15. The molecule has 3 heteroatoms. The first-order valence-electron chi connectivity index (χ1n) is 5.03. The predicted octanol–water partition coefficient (Wildman–Crippen LogP) is 1.51. The van der Waals surface area contributed by atoms with Crippen LogP contribution in [0.15, 0.2) is 18.2 Å². The average molecular weight is 207 g/mol. The second-order valence-electron chi connectivity index (χ2n) is 3.97. The highest BCUT2D eigenvalue weighted by Crippen LogP contribution is 2.13. The van der Waals surface area contributed by atoms with Gasteiger partial charge in [0.15, 0.2) is 0 Å². The van der Waals surface area contributed by atoms with Crippen LogP contribution in [0.1, 0.15) is 16.7 Å². The Hall–Kier alpha value is -1.35. The molecule has 1 aromatic carbocycles. The Labute approximate surface area is 89.9 Å². The van der Waals surface area contributed by atoms with Crippen LogP contribution in [0.2, 0.25) is 0 Å². The molecule has 1 rings (SSSR count). The molecule has 0 unspecified atom stereocenters. The van der Waals surface area contributed by atoms with Gasteiger partial charge in [-0.15, -0.1) is 0 Å². The summed E-state index contributed by atoms with van der Waals surface area (Å²) in [4.78, 5) is 10.8. The molecule has 0 saturated heterocycles. The Morgan fingerprint density at radius 2 is 1.87 bits per heavy atom. The van der Waals surface area contributed by atoms with Crippen LogP contribution in [0, 0.1) is 19.8 Å². The molecule has 0 radical (unpaired) electrons. The van der Waals surface area contributed by atoms with Gasteiger partial charge >= 0.3 is 5.97 Å². The van der Waals surface area contributed by atoms with Crippen molar-refractivity contribution in [3.63, 3.8) is 0 Å². The van der Waals surface area contributed by atoms with E-state index in [-0.39, 0.29) is 6.54 Å². The van der Waals surface area contributed by atoms with E-state index < -0.39 is 11.9 Å². The van der Waals surface area contributed by atoms with Gasteiger partial charge < -0.3 is 10.8 Å². The van der Waals surface area contributed by atoms with Crippen molar-refractivity contribution in [2.24, 2.45) is 11.7 Å². The van der Waals surface area contributed by atoms with Gasteiger partial charge in [0, 0.05) is 6.54 Å². The Bertz CT molecular complexity index is 340. The van der Waals surface area contributed by atoms with Gasteiger partial charge in [-0.1, -0.05) is 29.3 Å². The molecule has 82 valence electrons. The lowest BCUT2D eigenvalue weighted by molar-refractivity contribution is -0.141. The molecule has 0 aliphatic carbocycles. The van der Waals surface area contributed by atoms with E-state index >= 15 is 0 Å². The lowest BCUT2D eigenvalue weighted by Crippen LogP contribution is -2.25. The summed E-state index contributed by atoms with van der Waals surface area (Å²) in [6, 6.07) is 6.10. The second kappa shape index (κ2) is 4.94. The zero-order chi connectivity index (χ0) is 11.4. The third kappa shape index (κ3) is 3.36. The molecule has 1 atom stereocenters. The molecule has 0 aliphatic heterocycles. The number of hydrogen-bond acceptors (Lipinski definition) is 2. The van der Waals surface area contributed by atoms with Gasteiger partial charge in [-0.05, 0) is 25.8 Å². The maximum absolute atomic E-state index is 10.8. The summed E-state index contributed by atoms with van der Waals surface area (Å²) in [6.07, 6.45) is 0.508. The molecule has 0 bridgehead atoms. The van der Waals surface area contributed by atoms with E-state index in [1.807, 2.05) is 26.0 Å². The number of carboxylic acids is 1. The van der Waals surface area contributed by atoms with E-state index in [2.05, 4.69) is 6.07 Å². The Morgan fingerprint density at radius 1 is 1.33 bits per heavy atom. The van der Waals surface area contributed by atoms with Crippen molar-refractivity contribution in [2.45, 2.75) is 20.3 Å². The molecule has 0 aromatic heterocycles. The Kier molecular flexibility index (Phi) is 3.86. The maximum atomic E-state index is 10.8. The number of benzene rings is 1. The van der Waals surface area contributed by atoms with E-state index in [1.165, 1.54) is 0 Å². The molecule has 3 nitrogen and oxygen atoms in total. The minimum absolute atomic E-state index is 0.183. The number of rotatable bonds is 4. The van der Waals surface area contributed by atoms with Crippen molar-refractivity contribution in [3.05, 3.63) is 34.9 Å². The van der Waals surface area contributed by atoms with Crippen molar-refractivity contribution in [1.82, 2.24) is 0 Å². The molecule has 0 saturated carbocycles. The smallest absolute Gasteiger partial charge is 0.308 e. The predicted molar refractivity (Wildman–Crippen MR) is 59.8 cm³/mol. The Balaban J connectivity index is 2.83. The van der Waals surface area contributed by atoms with Gasteiger partial charge in [0.2, 0.25) is 0 Å². The summed E-state index contributed by atoms with van der Waals surface area (Å²) >= 11 is 0. The summed E-state index contributed by atoms with van der Waals surface area (Å²) in [6.45, 7) is 4.20. The zero-order valence-electron chi connectivity index (χ0n) is 9.16. The first kappa shape index (κ1) is 11.7. The molecule has 0 heterocycles. The molecule has 0 aliphatic rings. The van der Waals surface area contributed by atoms with E-state index in [9.17, 15) is 4.79 Å². The third-order valence-electron chi connectivity index (χ3n) is 2.40. The van der Waals surface area contributed by atoms with Crippen LogP contribution in [0.4, 0.5) is 0 Å². The van der Waals surface area contributed by atoms with E-state index in [4.69, 9.17) is 10.8 Å². The van der Waals surface area contributed by atoms with Crippen molar-refractivity contribution in [1.29, 1.82) is 0 Å². The van der Waals surface area contributed by atoms with Gasteiger partial charge in [-0.2, -0.15) is 0 Å². The summed E-state index contributed by atoms with van der Waals surface area (Å²) in [5.74, 6) is -1.30. The quantitative estimate of drug-likeness (QED) is 0.786. The van der Waals surface area contributed by atoms with Crippen molar-refractivity contribution in [2.75, 3.05) is 6.54 Å². The standard InChI is InChI=1S/C12H17NO2/c1-8-3-9(2)5-10(4-8)6-11(7-13)12(14)15/h3-5,11H,6-7,13H2,1-2H3,(H,14,15)/t11-/m1/s1. The zero-order valence-corrected chi connectivity index (χ0v) is 9.16. The lowest BCUT2D eigenvalue weighted by Gasteiger charge is -2.10. The van der Waals surface area contributed by atoms with Gasteiger partial charge in [-0.3, -0.25) is 4.79 Å². The minimum atomic E-state index is -0.823. The number of nitrogens with two attached hydrogens (primary N) is 1. The fraction of sp³-hybridized carbons (Fsp3) is 0.417. The highest BCUT2D eigenvalue weighted by molar-refractivity contribution is 5.70. The van der Waals surface area contributed by atoms with E-state index in [0.717, 1.165) is 16.7 Å². The van der Waals surface area contributed by atoms with E-state index in [1.54, 1.807) is 0 Å². The molecule has 0 spiro atoms. The van der Waals surface area contributed by atoms with Crippen LogP contribution in [0.25, 0.3) is 0 Å². The molecule has 15 heavy (non-hydrogen) atoms. The number of hydrogen-bond donors (Lipinski definition) is 2. The molecular formula is C12H17NO2. The van der Waals surface area contributed by atoms with Crippen molar-refractivity contribution < 1.29 is 9.90 Å². The summed E-state index contributed by atoms with van der Waals surface area (Å²) in [5.41, 5.74) is 8.78. The lowest BCUT2D eigenvalue weighted by atomic mass is 9.97. The van der Waals surface area contributed by atoms with Gasteiger partial charge in [0.1, 0.15) is 0 Å². The molecule has 0 amide bonds. The van der Waals surface area contributed by atoms with E-state index in [0.29, 0.717) is 6.42 Å². The molecular weight excluding hydrogens is 190 g/mol. The number of aliphatic carboxylic acids is 1. The number of carbonyl (C=O) groups is 1. The maximum Gasteiger partial charge on any atom is 0.308 e. The summed E-state index contributed by atoms with van der Waals surface area (Å²) in [7, 11) is 0. The van der Waals surface area contributed by atoms with Gasteiger partial charge in [0.05, 0.1) is 5.92 Å². The average Bonchev–Trinajstić information content (AvgIpc) is 2.12. The van der Waals surface area contributed by atoms with Crippen LogP contribution in [-0.2, 0) is 11.2 Å². The fourth-order valence-corrected chi connectivity index (χ4v) is 1.74. The molecule has 0 fully saturated rings. The Morgan fingerprint density at radius 3 is 2.27 bits per heavy atom. The minimum Gasteiger partial charge on any atom is -0.481 e. The SMILES string of the molecule is Cc1cc(C)cc(C[C@H](CN)C(=O)O)c1. The van der Waals surface area contributed by atoms with Crippen LogP contribution < -0.4 is 5.73 Å². The first-order chi connectivity index (χ1) is 7.02. The first-order valence-corrected chi connectivity index (χ1v) is 5.03. The summed E-state index contributed by atoms with van der Waals surface area (Å²) < 4.78 is 0. The van der Waals surface area contributed by atoms with Crippen LogP contribution in [-0.4, -0.2) is 17.6 Å². The highest BCUT2D eigenvalue weighted by atomic mass is 16.4. The van der Waals surface area contributed by atoms with Crippen LogP contribution in [0.5, 0.6) is 0 Å². The molecule has 1 aromatic rings. The van der Waals surface area contributed by atoms with Crippen LogP contribution in [0.3, 0.4) is 0 Å². The molecule has 3 N–H and O–H groups in total. The largest absolute Gasteiger partial charge is 0.481 e.